The van der Waals surface area contributed by atoms with E-state index in [2.05, 4.69) is 46.9 Å². The fourth-order valence-corrected chi connectivity index (χ4v) is 1.84. The van der Waals surface area contributed by atoms with Gasteiger partial charge in [-0.25, -0.2) is 4.98 Å². The first-order valence-corrected chi connectivity index (χ1v) is 5.43. The van der Waals surface area contributed by atoms with Gasteiger partial charge in [0, 0.05) is 13.2 Å². The Morgan fingerprint density at radius 2 is 1.94 bits per heavy atom. The maximum Gasteiger partial charge on any atom is 0.207 e. The number of anilines is 1. The second kappa shape index (κ2) is 4.00. The van der Waals surface area contributed by atoms with Crippen LogP contribution in [0.3, 0.4) is 0 Å². The molecule has 0 atom stereocenters. The van der Waals surface area contributed by atoms with Crippen LogP contribution in [0.2, 0.25) is 0 Å². The van der Waals surface area contributed by atoms with Crippen molar-refractivity contribution in [2.45, 2.75) is 20.8 Å². The Morgan fingerprint density at radius 1 is 1.19 bits per heavy atom. The molecule has 0 spiro atoms. The first-order chi connectivity index (χ1) is 7.61. The molecule has 0 saturated carbocycles. The molecule has 1 heterocycles. The molecule has 16 heavy (non-hydrogen) atoms. The third-order valence-corrected chi connectivity index (χ3v) is 2.67. The molecule has 0 aliphatic carbocycles. The van der Waals surface area contributed by atoms with Crippen LogP contribution >= 0.6 is 0 Å². The molecule has 84 valence electrons. The van der Waals surface area contributed by atoms with Gasteiger partial charge in [-0.05, 0) is 38.0 Å². The summed E-state index contributed by atoms with van der Waals surface area (Å²) in [6.07, 6.45) is 2.05. The summed E-state index contributed by atoms with van der Waals surface area (Å²) < 4.78 is 2.09. The Kier molecular flexibility index (Phi) is 2.69. The van der Waals surface area contributed by atoms with Gasteiger partial charge in [0.2, 0.25) is 5.95 Å². The zero-order valence-corrected chi connectivity index (χ0v) is 10.2. The Bertz CT molecular complexity index is 512. The molecule has 0 amide bonds. The van der Waals surface area contributed by atoms with Gasteiger partial charge in [-0.1, -0.05) is 12.1 Å². The molecule has 3 heteroatoms. The van der Waals surface area contributed by atoms with Gasteiger partial charge in [0.15, 0.2) is 0 Å². The first-order valence-electron chi connectivity index (χ1n) is 5.43. The molecule has 1 aromatic carbocycles. The highest BCUT2D eigenvalue weighted by Gasteiger charge is 2.08. The zero-order chi connectivity index (χ0) is 11.7. The van der Waals surface area contributed by atoms with E-state index in [4.69, 9.17) is 0 Å². The largest absolute Gasteiger partial charge is 0.358 e. The van der Waals surface area contributed by atoms with E-state index in [1.54, 1.807) is 0 Å². The summed E-state index contributed by atoms with van der Waals surface area (Å²) in [4.78, 5) is 4.43. The molecule has 1 N–H and O–H groups in total. The first kappa shape index (κ1) is 10.7. The third-order valence-electron chi connectivity index (χ3n) is 2.67. The molecule has 0 unspecified atom stereocenters. The number of nitrogens with one attached hydrogen (secondary N) is 1. The van der Waals surface area contributed by atoms with Crippen LogP contribution in [0.1, 0.15) is 16.8 Å². The van der Waals surface area contributed by atoms with Crippen molar-refractivity contribution in [3.05, 3.63) is 41.2 Å². The van der Waals surface area contributed by atoms with Gasteiger partial charge in [0.25, 0.3) is 0 Å². The van der Waals surface area contributed by atoms with Crippen molar-refractivity contribution in [2.24, 2.45) is 0 Å². The highest BCUT2D eigenvalue weighted by Crippen LogP contribution is 2.20. The maximum atomic E-state index is 4.43. The van der Waals surface area contributed by atoms with Crippen LogP contribution in [-0.4, -0.2) is 16.6 Å². The fraction of sp³-hybridized carbons (Fsp3) is 0.308. The van der Waals surface area contributed by atoms with E-state index in [1.807, 2.05) is 20.2 Å². The fourth-order valence-electron chi connectivity index (χ4n) is 1.84. The van der Waals surface area contributed by atoms with E-state index in [1.165, 1.54) is 16.8 Å². The van der Waals surface area contributed by atoms with E-state index in [0.29, 0.717) is 0 Å². The molecule has 0 aliphatic heterocycles. The third kappa shape index (κ3) is 1.81. The van der Waals surface area contributed by atoms with Crippen molar-refractivity contribution in [2.75, 3.05) is 12.4 Å². The minimum Gasteiger partial charge on any atom is -0.358 e. The predicted octanol–water partition coefficient (Wildman–Crippen LogP) is 2.84. The average molecular weight is 215 g/mol. The number of nitrogens with zero attached hydrogens (tertiary/aromatic N) is 2. The van der Waals surface area contributed by atoms with Crippen LogP contribution in [0, 0.1) is 20.8 Å². The molecule has 3 nitrogen and oxygen atoms in total. The number of hydrogen-bond donors (Lipinski definition) is 1. The van der Waals surface area contributed by atoms with Gasteiger partial charge in [0.1, 0.15) is 0 Å². The molecule has 0 aliphatic rings. The number of hydrogen-bond acceptors (Lipinski definition) is 2. The lowest BCUT2D eigenvalue weighted by atomic mass is 10.1. The van der Waals surface area contributed by atoms with Crippen LogP contribution in [0.25, 0.3) is 5.69 Å². The number of aromatic nitrogens is 2. The molecule has 2 rings (SSSR count). The molecule has 2 aromatic rings. The minimum atomic E-state index is 0.881. The Balaban J connectivity index is 2.61. The van der Waals surface area contributed by atoms with Crippen molar-refractivity contribution in [3.8, 4) is 5.69 Å². The lowest BCUT2D eigenvalue weighted by molar-refractivity contribution is 1.03. The molecule has 1 aromatic heterocycles. The van der Waals surface area contributed by atoms with E-state index in [0.717, 1.165) is 11.6 Å². The maximum absolute atomic E-state index is 4.43. The standard InChI is InChI=1S/C13H17N3/c1-9-5-6-10(2)12(7-9)16-8-11(3)15-13(16)14-4/h5-8H,1-4H3,(H,14,15). The zero-order valence-electron chi connectivity index (χ0n) is 10.2. The van der Waals surface area contributed by atoms with Crippen LogP contribution in [0.4, 0.5) is 5.95 Å². The topological polar surface area (TPSA) is 29.9 Å². The average Bonchev–Trinajstić information content (AvgIpc) is 2.63. The van der Waals surface area contributed by atoms with Gasteiger partial charge in [-0.15, -0.1) is 0 Å². The minimum absolute atomic E-state index is 0.881. The SMILES string of the molecule is CNc1nc(C)cn1-c1cc(C)ccc1C. The highest BCUT2D eigenvalue weighted by molar-refractivity contribution is 5.49. The second-order valence-corrected chi connectivity index (χ2v) is 4.12. The van der Waals surface area contributed by atoms with Crippen molar-refractivity contribution < 1.29 is 0 Å². The Labute approximate surface area is 96.1 Å². The number of benzene rings is 1. The molecular formula is C13H17N3. The van der Waals surface area contributed by atoms with Gasteiger partial charge in [-0.3, -0.25) is 4.57 Å². The Morgan fingerprint density at radius 3 is 2.62 bits per heavy atom. The molecule has 0 bridgehead atoms. The molecule has 0 saturated heterocycles. The van der Waals surface area contributed by atoms with Crippen LogP contribution in [0.5, 0.6) is 0 Å². The second-order valence-electron chi connectivity index (χ2n) is 4.12. The van der Waals surface area contributed by atoms with Crippen molar-refractivity contribution >= 4 is 5.95 Å². The van der Waals surface area contributed by atoms with Gasteiger partial charge in [0.05, 0.1) is 11.4 Å². The van der Waals surface area contributed by atoms with E-state index >= 15 is 0 Å². The summed E-state index contributed by atoms with van der Waals surface area (Å²) in [6, 6.07) is 6.44. The van der Waals surface area contributed by atoms with Gasteiger partial charge >= 0.3 is 0 Å². The van der Waals surface area contributed by atoms with E-state index < -0.39 is 0 Å². The predicted molar refractivity (Wildman–Crippen MR) is 67.3 cm³/mol. The number of imidazole rings is 1. The number of rotatable bonds is 2. The lowest BCUT2D eigenvalue weighted by Crippen LogP contribution is -2.02. The summed E-state index contributed by atoms with van der Waals surface area (Å²) in [5.41, 5.74) is 4.71. The normalized spacial score (nSPS) is 10.5. The van der Waals surface area contributed by atoms with Gasteiger partial charge in [-0.2, -0.15) is 0 Å². The monoisotopic (exact) mass is 215 g/mol. The lowest BCUT2D eigenvalue weighted by Gasteiger charge is -2.10. The number of aryl methyl sites for hydroxylation is 3. The summed E-state index contributed by atoms with van der Waals surface area (Å²) in [5, 5.41) is 3.11. The summed E-state index contributed by atoms with van der Waals surface area (Å²) >= 11 is 0. The van der Waals surface area contributed by atoms with Crippen LogP contribution < -0.4 is 5.32 Å². The molecule has 0 radical (unpaired) electrons. The molecular weight excluding hydrogens is 198 g/mol. The van der Waals surface area contributed by atoms with E-state index in [-0.39, 0.29) is 0 Å². The smallest absolute Gasteiger partial charge is 0.207 e. The van der Waals surface area contributed by atoms with Crippen molar-refractivity contribution in [1.29, 1.82) is 0 Å². The van der Waals surface area contributed by atoms with Crippen LogP contribution in [-0.2, 0) is 0 Å². The summed E-state index contributed by atoms with van der Waals surface area (Å²) in [5.74, 6) is 0.881. The van der Waals surface area contributed by atoms with Gasteiger partial charge < -0.3 is 5.32 Å². The van der Waals surface area contributed by atoms with Crippen molar-refractivity contribution in [3.63, 3.8) is 0 Å². The Hall–Kier alpha value is -1.77. The van der Waals surface area contributed by atoms with Crippen LogP contribution in [0.15, 0.2) is 24.4 Å². The summed E-state index contributed by atoms with van der Waals surface area (Å²) in [6.45, 7) is 6.22. The quantitative estimate of drug-likeness (QED) is 0.834. The van der Waals surface area contributed by atoms with E-state index in [9.17, 15) is 0 Å². The molecule has 0 fully saturated rings. The highest BCUT2D eigenvalue weighted by atomic mass is 15.2. The van der Waals surface area contributed by atoms with Crippen molar-refractivity contribution in [1.82, 2.24) is 9.55 Å². The summed E-state index contributed by atoms with van der Waals surface area (Å²) in [7, 11) is 1.89.